The molecule has 1 heterocycles. The molecule has 0 fully saturated rings. The zero-order valence-corrected chi connectivity index (χ0v) is 31.0. The van der Waals surface area contributed by atoms with E-state index in [1.165, 1.54) is 6.92 Å². The minimum atomic E-state index is -2.73. The van der Waals surface area contributed by atoms with Crippen LogP contribution in [0.4, 0.5) is 13.6 Å². The molecule has 52 heavy (non-hydrogen) atoms. The number of nitrogens with one attached hydrogen (secondary N) is 5. The van der Waals surface area contributed by atoms with Crippen molar-refractivity contribution in [2.24, 2.45) is 11.8 Å². The molecule has 0 aliphatic carbocycles. The fourth-order valence-corrected chi connectivity index (χ4v) is 5.11. The number of alkyl carbamates (subject to hydrolysis) is 1. The van der Waals surface area contributed by atoms with Gasteiger partial charge < -0.3 is 36.4 Å². The summed E-state index contributed by atoms with van der Waals surface area (Å²) in [5.74, 6) is -3.41. The molecule has 1 aromatic heterocycles. The topological polar surface area (TPSA) is 188 Å². The summed E-state index contributed by atoms with van der Waals surface area (Å²) < 4.78 is 31.2. The van der Waals surface area contributed by atoms with Crippen molar-refractivity contribution < 1.29 is 42.6 Å². The first kappa shape index (κ1) is 43.5. The van der Waals surface area contributed by atoms with Crippen molar-refractivity contribution in [3.05, 3.63) is 66.0 Å². The highest BCUT2D eigenvalue weighted by atomic mass is 19.3. The van der Waals surface area contributed by atoms with E-state index in [9.17, 15) is 37.9 Å². The third kappa shape index (κ3) is 16.1. The monoisotopic (exact) mass is 732 g/mol. The Morgan fingerprint density at radius 3 is 2.00 bits per heavy atom. The number of rotatable bonds is 19. The predicted octanol–water partition coefficient (Wildman–Crippen LogP) is 3.40. The molecular formula is C37H54F2N6O7. The molecule has 6 atom stereocenters. The maximum atomic E-state index is 13.4. The molecule has 0 aliphatic heterocycles. The third-order valence-electron chi connectivity index (χ3n) is 8.03. The predicted molar refractivity (Wildman–Crippen MR) is 191 cm³/mol. The van der Waals surface area contributed by atoms with E-state index in [4.69, 9.17) is 4.74 Å². The van der Waals surface area contributed by atoms with E-state index in [0.717, 1.165) is 11.1 Å². The first-order chi connectivity index (χ1) is 24.4. The lowest BCUT2D eigenvalue weighted by Crippen LogP contribution is -2.56. The number of amides is 5. The third-order valence-corrected chi connectivity index (χ3v) is 8.03. The summed E-state index contributed by atoms with van der Waals surface area (Å²) in [5.41, 5.74) is 0.720. The van der Waals surface area contributed by atoms with Crippen LogP contribution in [0.3, 0.4) is 0 Å². The van der Waals surface area contributed by atoms with Gasteiger partial charge in [-0.25, -0.2) is 13.6 Å². The Bertz CT molecular complexity index is 1440. The lowest BCUT2D eigenvalue weighted by atomic mass is 9.92. The SMILES string of the molecule is CC(C)[C@H](NC(=O)[C@H](C)C[C@H](O)[C@H](Cc1ccccc1)NC(=O)[C@H](C)NC(=O)[C@@H](CCC(F)F)NC(=O)OC(C)(C)C)C(=O)NCc1ccncc1. The van der Waals surface area contributed by atoms with Gasteiger partial charge in [-0.3, -0.25) is 24.2 Å². The zero-order chi connectivity index (χ0) is 39.0. The number of hydrogen-bond acceptors (Lipinski definition) is 8. The van der Waals surface area contributed by atoms with Crippen LogP contribution in [0.2, 0.25) is 0 Å². The maximum absolute atomic E-state index is 13.4. The van der Waals surface area contributed by atoms with E-state index >= 15 is 0 Å². The molecule has 2 rings (SSSR count). The van der Waals surface area contributed by atoms with E-state index in [1.54, 1.807) is 90.3 Å². The molecule has 0 spiro atoms. The smallest absolute Gasteiger partial charge is 0.408 e. The molecule has 0 radical (unpaired) electrons. The lowest BCUT2D eigenvalue weighted by molar-refractivity contribution is -0.132. The Morgan fingerprint density at radius 2 is 1.42 bits per heavy atom. The minimum absolute atomic E-state index is 0.0800. The molecule has 6 N–H and O–H groups in total. The van der Waals surface area contributed by atoms with Gasteiger partial charge >= 0.3 is 6.09 Å². The van der Waals surface area contributed by atoms with E-state index in [2.05, 4.69) is 31.6 Å². The van der Waals surface area contributed by atoms with Crippen molar-refractivity contribution in [2.75, 3.05) is 0 Å². The van der Waals surface area contributed by atoms with Crippen molar-refractivity contribution in [1.82, 2.24) is 31.6 Å². The Balaban J connectivity index is 2.11. The molecule has 15 heteroatoms. The number of aliphatic hydroxyl groups excluding tert-OH is 1. The molecule has 0 bridgehead atoms. The molecular weight excluding hydrogens is 678 g/mol. The van der Waals surface area contributed by atoms with Crippen LogP contribution in [0.15, 0.2) is 54.9 Å². The number of halogens is 2. The molecule has 0 aliphatic rings. The fraction of sp³-hybridized carbons (Fsp3) is 0.568. The van der Waals surface area contributed by atoms with Gasteiger partial charge in [-0.2, -0.15) is 0 Å². The van der Waals surface area contributed by atoms with Crippen molar-refractivity contribution >= 4 is 29.7 Å². The van der Waals surface area contributed by atoms with Gasteiger partial charge in [0.15, 0.2) is 0 Å². The summed E-state index contributed by atoms with van der Waals surface area (Å²) in [6.07, 6.45) is -2.71. The van der Waals surface area contributed by atoms with Crippen LogP contribution in [-0.2, 0) is 36.9 Å². The Labute approximate surface area is 304 Å². The van der Waals surface area contributed by atoms with Crippen molar-refractivity contribution in [3.63, 3.8) is 0 Å². The second kappa shape index (κ2) is 21.0. The number of nitrogens with zero attached hydrogens (tertiary/aromatic N) is 1. The number of carbonyl (C=O) groups excluding carboxylic acids is 5. The van der Waals surface area contributed by atoms with Gasteiger partial charge in [0, 0.05) is 31.3 Å². The number of aromatic nitrogens is 1. The van der Waals surface area contributed by atoms with E-state index in [-0.39, 0.29) is 31.2 Å². The summed E-state index contributed by atoms with van der Waals surface area (Å²) in [7, 11) is 0. The van der Waals surface area contributed by atoms with Gasteiger partial charge in [-0.15, -0.1) is 0 Å². The van der Waals surface area contributed by atoms with Gasteiger partial charge in [0.1, 0.15) is 23.7 Å². The summed E-state index contributed by atoms with van der Waals surface area (Å²) >= 11 is 0. The summed E-state index contributed by atoms with van der Waals surface area (Å²) in [4.78, 5) is 69.0. The average Bonchev–Trinajstić information content (AvgIpc) is 3.07. The molecule has 2 aromatic rings. The van der Waals surface area contributed by atoms with Crippen LogP contribution in [-0.4, -0.2) is 82.1 Å². The first-order valence-electron chi connectivity index (χ1n) is 17.4. The molecule has 0 saturated carbocycles. The summed E-state index contributed by atoms with van der Waals surface area (Å²) in [5, 5.41) is 24.5. The molecule has 0 saturated heterocycles. The van der Waals surface area contributed by atoms with Gasteiger partial charge in [-0.1, -0.05) is 51.1 Å². The number of alkyl halides is 2. The first-order valence-corrected chi connectivity index (χ1v) is 17.4. The lowest BCUT2D eigenvalue weighted by Gasteiger charge is -2.29. The zero-order valence-electron chi connectivity index (χ0n) is 31.0. The normalized spacial score (nSPS) is 15.0. The Morgan fingerprint density at radius 1 is 0.788 bits per heavy atom. The quantitative estimate of drug-likeness (QED) is 0.127. The molecule has 1 aromatic carbocycles. The maximum Gasteiger partial charge on any atom is 0.408 e. The number of pyridine rings is 1. The van der Waals surface area contributed by atoms with Crippen LogP contribution in [0.5, 0.6) is 0 Å². The van der Waals surface area contributed by atoms with Gasteiger partial charge in [0.2, 0.25) is 30.1 Å². The molecule has 288 valence electrons. The minimum Gasteiger partial charge on any atom is -0.444 e. The van der Waals surface area contributed by atoms with Crippen molar-refractivity contribution in [3.8, 4) is 0 Å². The van der Waals surface area contributed by atoms with E-state index in [1.807, 2.05) is 6.07 Å². The Hall–Kier alpha value is -4.66. The largest absolute Gasteiger partial charge is 0.444 e. The van der Waals surface area contributed by atoms with Crippen molar-refractivity contribution in [2.45, 2.75) is 123 Å². The van der Waals surface area contributed by atoms with Gasteiger partial charge in [0.05, 0.1) is 12.1 Å². The number of aliphatic hydroxyl groups is 1. The van der Waals surface area contributed by atoms with Gasteiger partial charge in [-0.05, 0) is 76.1 Å². The van der Waals surface area contributed by atoms with Crippen LogP contribution in [0, 0.1) is 11.8 Å². The average molecular weight is 733 g/mol. The second-order valence-corrected chi connectivity index (χ2v) is 14.2. The van der Waals surface area contributed by atoms with E-state index in [0.29, 0.717) is 0 Å². The standard InChI is InChI=1S/C37H54F2N6O7/c1-22(2)31(35(50)41-21-26-15-17-40-18-16-26)45-32(47)23(3)19-29(46)28(20-25-11-9-8-10-12-25)43-33(48)24(4)42-34(49)27(13-14-30(38)39)44-36(51)52-37(5,6)7/h8-12,15-18,22-24,27-31,46H,13-14,19-21H2,1-7H3,(H,41,50)(H,42,49)(H,43,48)(H,44,51)(H,45,47)/t23-,24+,27-,28+,29+,31+/m1/s1. The van der Waals surface area contributed by atoms with Crippen LogP contribution in [0.1, 0.15) is 78.9 Å². The summed E-state index contributed by atoms with van der Waals surface area (Å²) in [6, 6.07) is 8.18. The molecule has 0 unspecified atom stereocenters. The number of carbonyl (C=O) groups is 5. The Kier molecular flexibility index (Phi) is 17.6. The highest BCUT2D eigenvalue weighted by molar-refractivity contribution is 5.91. The molecule has 5 amide bonds. The van der Waals surface area contributed by atoms with Crippen LogP contribution < -0.4 is 26.6 Å². The molecule has 13 nitrogen and oxygen atoms in total. The highest BCUT2D eigenvalue weighted by Crippen LogP contribution is 2.16. The number of benzene rings is 1. The fourth-order valence-electron chi connectivity index (χ4n) is 5.11. The highest BCUT2D eigenvalue weighted by Gasteiger charge is 2.32. The second-order valence-electron chi connectivity index (χ2n) is 14.2. The van der Waals surface area contributed by atoms with Gasteiger partial charge in [0.25, 0.3) is 0 Å². The summed E-state index contributed by atoms with van der Waals surface area (Å²) in [6.45, 7) is 11.7. The van der Waals surface area contributed by atoms with Crippen molar-refractivity contribution in [1.29, 1.82) is 0 Å². The van der Waals surface area contributed by atoms with Crippen LogP contribution in [0.25, 0.3) is 0 Å². The van der Waals surface area contributed by atoms with E-state index < -0.39 is 84.9 Å². The number of ether oxygens (including phenoxy) is 1. The number of hydrogen-bond donors (Lipinski definition) is 6. The van der Waals surface area contributed by atoms with Crippen LogP contribution >= 0.6 is 0 Å².